The van der Waals surface area contributed by atoms with Crippen LogP contribution in [0.15, 0.2) is 67.0 Å². The molecule has 1 amide bonds. The van der Waals surface area contributed by atoms with E-state index in [1.54, 1.807) is 48.3 Å². The number of nitrogens with one attached hydrogen (secondary N) is 1. The largest absolute Gasteiger partial charge is 0.346 e. The number of aromatic nitrogens is 4. The van der Waals surface area contributed by atoms with Crippen molar-refractivity contribution in [1.29, 1.82) is 0 Å². The van der Waals surface area contributed by atoms with Gasteiger partial charge in [0.2, 0.25) is 0 Å². The molecule has 0 saturated heterocycles. The molecule has 0 spiro atoms. The molecule has 2 heterocycles. The van der Waals surface area contributed by atoms with Gasteiger partial charge in [0.15, 0.2) is 5.69 Å². The topological polar surface area (TPSA) is 72.7 Å². The van der Waals surface area contributed by atoms with Crippen LogP contribution in [0.5, 0.6) is 0 Å². The first-order valence-electron chi connectivity index (χ1n) is 10.4. The zero-order chi connectivity index (χ0) is 22.7. The molecule has 0 saturated carbocycles. The van der Waals surface area contributed by atoms with Gasteiger partial charge in [0, 0.05) is 24.5 Å². The normalized spacial score (nSPS) is 11.0. The van der Waals surface area contributed by atoms with Gasteiger partial charge >= 0.3 is 0 Å². The summed E-state index contributed by atoms with van der Waals surface area (Å²) in [7, 11) is 0. The molecule has 0 aliphatic carbocycles. The van der Waals surface area contributed by atoms with Gasteiger partial charge in [-0.1, -0.05) is 43.3 Å². The molecule has 4 rings (SSSR count). The second kappa shape index (κ2) is 9.09. The fourth-order valence-electron chi connectivity index (χ4n) is 3.43. The Kier molecular flexibility index (Phi) is 6.07. The second-order valence-electron chi connectivity index (χ2n) is 7.95. The monoisotopic (exact) mass is 429 g/mol. The summed E-state index contributed by atoms with van der Waals surface area (Å²) in [4.78, 5) is 17.1. The number of aryl methyl sites for hydroxylation is 1. The lowest BCUT2D eigenvalue weighted by Gasteiger charge is -2.10. The molecule has 32 heavy (non-hydrogen) atoms. The molecule has 0 fully saturated rings. The van der Waals surface area contributed by atoms with Gasteiger partial charge in [0.1, 0.15) is 11.5 Å². The molecule has 0 atom stereocenters. The molecule has 0 aliphatic rings. The predicted octanol–water partition coefficient (Wildman–Crippen LogP) is 4.83. The minimum absolute atomic E-state index is 0.192. The Morgan fingerprint density at radius 2 is 1.78 bits per heavy atom. The number of carbonyl (C=O) groups excluding carboxylic acids is 1. The third-order valence-corrected chi connectivity index (χ3v) is 5.32. The zero-order valence-electron chi connectivity index (χ0n) is 18.2. The third-order valence-electron chi connectivity index (χ3n) is 5.32. The Balaban J connectivity index is 1.65. The fourth-order valence-corrected chi connectivity index (χ4v) is 3.43. The van der Waals surface area contributed by atoms with E-state index in [0.29, 0.717) is 29.4 Å². The van der Waals surface area contributed by atoms with E-state index in [4.69, 9.17) is 0 Å². The molecule has 0 bridgehead atoms. The van der Waals surface area contributed by atoms with Crippen LogP contribution in [0, 0.1) is 12.7 Å². The van der Waals surface area contributed by atoms with E-state index >= 15 is 0 Å². The molecule has 2 aromatic heterocycles. The van der Waals surface area contributed by atoms with Crippen LogP contribution in [0.4, 0.5) is 4.39 Å². The molecular formula is C25H24FN5O. The summed E-state index contributed by atoms with van der Waals surface area (Å²) in [6, 6.07) is 16.4. The molecule has 6 nitrogen and oxygen atoms in total. The van der Waals surface area contributed by atoms with Crippen molar-refractivity contribution in [2.45, 2.75) is 33.2 Å². The highest BCUT2D eigenvalue weighted by atomic mass is 19.1. The van der Waals surface area contributed by atoms with E-state index in [1.807, 2.05) is 12.1 Å². The molecule has 0 aliphatic heterocycles. The summed E-state index contributed by atoms with van der Waals surface area (Å²) in [6.07, 6.45) is 3.28. The van der Waals surface area contributed by atoms with Crippen LogP contribution in [0.1, 0.15) is 46.9 Å². The van der Waals surface area contributed by atoms with Crippen molar-refractivity contribution in [1.82, 2.24) is 25.3 Å². The SMILES string of the molecule is Cc1cc(-n2nnc(C(=O)NCc3ccc(C(C)C)cc3)c2-c2ccncc2)ccc1F. The molecule has 162 valence electrons. The van der Waals surface area contributed by atoms with Gasteiger partial charge in [-0.05, 0) is 59.9 Å². The van der Waals surface area contributed by atoms with Crippen molar-refractivity contribution in [2.24, 2.45) is 0 Å². The van der Waals surface area contributed by atoms with E-state index in [1.165, 1.54) is 11.6 Å². The fraction of sp³-hybridized carbons (Fsp3) is 0.200. The first kappa shape index (κ1) is 21.4. The molecule has 7 heteroatoms. The summed E-state index contributed by atoms with van der Waals surface area (Å²) in [5.74, 6) is -0.192. The van der Waals surface area contributed by atoms with Crippen LogP contribution in [0.25, 0.3) is 16.9 Å². The lowest BCUT2D eigenvalue weighted by Crippen LogP contribution is -2.24. The summed E-state index contributed by atoms with van der Waals surface area (Å²) < 4.78 is 15.3. The van der Waals surface area contributed by atoms with Crippen molar-refractivity contribution < 1.29 is 9.18 Å². The van der Waals surface area contributed by atoms with E-state index in [0.717, 1.165) is 11.1 Å². The molecular weight excluding hydrogens is 405 g/mol. The minimum Gasteiger partial charge on any atom is -0.346 e. The van der Waals surface area contributed by atoms with Crippen LogP contribution < -0.4 is 5.32 Å². The van der Waals surface area contributed by atoms with Crippen LogP contribution in [0.2, 0.25) is 0 Å². The maximum atomic E-state index is 13.8. The van der Waals surface area contributed by atoms with E-state index in [-0.39, 0.29) is 17.4 Å². The van der Waals surface area contributed by atoms with Crippen molar-refractivity contribution in [3.8, 4) is 16.9 Å². The van der Waals surface area contributed by atoms with Crippen molar-refractivity contribution in [3.05, 3.63) is 95.2 Å². The van der Waals surface area contributed by atoms with Gasteiger partial charge in [-0.3, -0.25) is 9.78 Å². The molecule has 2 aromatic carbocycles. The average Bonchev–Trinajstić information content (AvgIpc) is 3.25. The standard InChI is InChI=1S/C25H24FN5O/c1-16(2)19-6-4-18(5-7-19)15-28-25(32)23-24(20-10-12-27-13-11-20)31(30-29-23)21-8-9-22(26)17(3)14-21/h4-14,16H,15H2,1-3H3,(H,28,32). The van der Waals surface area contributed by atoms with Crippen LogP contribution in [-0.2, 0) is 6.54 Å². The van der Waals surface area contributed by atoms with Crippen molar-refractivity contribution in [2.75, 3.05) is 0 Å². The maximum Gasteiger partial charge on any atom is 0.274 e. The van der Waals surface area contributed by atoms with Gasteiger partial charge in [-0.25, -0.2) is 9.07 Å². The van der Waals surface area contributed by atoms with Crippen LogP contribution in [-0.4, -0.2) is 25.9 Å². The molecule has 0 radical (unpaired) electrons. The van der Waals surface area contributed by atoms with E-state index < -0.39 is 0 Å². The summed E-state index contributed by atoms with van der Waals surface area (Å²) in [5, 5.41) is 11.3. The molecule has 1 N–H and O–H groups in total. The first-order chi connectivity index (χ1) is 15.4. The highest BCUT2D eigenvalue weighted by Gasteiger charge is 2.22. The highest BCUT2D eigenvalue weighted by molar-refractivity contribution is 5.98. The Hall–Kier alpha value is -3.87. The van der Waals surface area contributed by atoms with Crippen molar-refractivity contribution >= 4 is 5.91 Å². The molecule has 0 unspecified atom stereocenters. The highest BCUT2D eigenvalue weighted by Crippen LogP contribution is 2.26. The predicted molar refractivity (Wildman–Crippen MR) is 121 cm³/mol. The van der Waals surface area contributed by atoms with Gasteiger partial charge in [-0.15, -0.1) is 5.10 Å². The number of hydrogen-bond donors (Lipinski definition) is 1. The summed E-state index contributed by atoms with van der Waals surface area (Å²) in [6.45, 7) is 6.34. The number of carbonyl (C=O) groups is 1. The lowest BCUT2D eigenvalue weighted by atomic mass is 10.0. The number of nitrogens with zero attached hydrogens (tertiary/aromatic N) is 4. The zero-order valence-corrected chi connectivity index (χ0v) is 18.2. The van der Waals surface area contributed by atoms with Gasteiger partial charge < -0.3 is 5.32 Å². The van der Waals surface area contributed by atoms with Gasteiger partial charge in [0.25, 0.3) is 5.91 Å². The Labute approximate surface area is 186 Å². The van der Waals surface area contributed by atoms with Crippen LogP contribution >= 0.6 is 0 Å². The Bertz CT molecular complexity index is 1230. The van der Waals surface area contributed by atoms with Crippen molar-refractivity contribution in [3.63, 3.8) is 0 Å². The summed E-state index contributed by atoms with van der Waals surface area (Å²) in [5.41, 5.74) is 4.79. The third kappa shape index (κ3) is 4.42. The molecule has 4 aromatic rings. The number of amides is 1. The quantitative estimate of drug-likeness (QED) is 0.476. The number of pyridine rings is 1. The number of benzene rings is 2. The van der Waals surface area contributed by atoms with E-state index in [9.17, 15) is 9.18 Å². The second-order valence-corrected chi connectivity index (χ2v) is 7.95. The minimum atomic E-state index is -0.338. The van der Waals surface area contributed by atoms with E-state index in [2.05, 4.69) is 46.6 Å². The van der Waals surface area contributed by atoms with Crippen LogP contribution in [0.3, 0.4) is 0 Å². The van der Waals surface area contributed by atoms with Gasteiger partial charge in [0.05, 0.1) is 5.69 Å². The summed E-state index contributed by atoms with van der Waals surface area (Å²) >= 11 is 0. The first-order valence-corrected chi connectivity index (χ1v) is 10.4. The number of hydrogen-bond acceptors (Lipinski definition) is 4. The Morgan fingerprint density at radius 1 is 1.06 bits per heavy atom. The lowest BCUT2D eigenvalue weighted by molar-refractivity contribution is 0.0946. The average molecular weight is 429 g/mol. The number of halogens is 1. The maximum absolute atomic E-state index is 13.8. The Morgan fingerprint density at radius 3 is 2.44 bits per heavy atom. The smallest absolute Gasteiger partial charge is 0.274 e. The number of rotatable bonds is 6. The van der Waals surface area contributed by atoms with Gasteiger partial charge in [-0.2, -0.15) is 0 Å².